The first-order chi connectivity index (χ1) is 10.7. The summed E-state index contributed by atoms with van der Waals surface area (Å²) in [6, 6.07) is 3.93. The first-order valence-corrected chi connectivity index (χ1v) is 7.92. The molecule has 1 aliphatic rings. The van der Waals surface area contributed by atoms with Gasteiger partial charge in [-0.25, -0.2) is 4.98 Å². The molecule has 0 spiro atoms. The van der Waals surface area contributed by atoms with Gasteiger partial charge in [0.05, 0.1) is 0 Å². The molecule has 0 bridgehead atoms. The number of amides is 1. The molecule has 0 radical (unpaired) electrons. The summed E-state index contributed by atoms with van der Waals surface area (Å²) in [6.07, 6.45) is 2.73. The smallest absolute Gasteiger partial charge is 0.246 e. The summed E-state index contributed by atoms with van der Waals surface area (Å²) < 4.78 is 5.25. The fraction of sp³-hybridized carbons (Fsp3) is 0.625. The first-order valence-electron chi connectivity index (χ1n) is 7.92. The average Bonchev–Trinajstić information content (AvgIpc) is 2.54. The van der Waals surface area contributed by atoms with Crippen LogP contribution in [0, 0.1) is 0 Å². The van der Waals surface area contributed by atoms with Crippen molar-refractivity contribution in [1.82, 2.24) is 15.2 Å². The van der Waals surface area contributed by atoms with Crippen LogP contribution in [0.4, 0.5) is 5.82 Å². The van der Waals surface area contributed by atoms with Crippen molar-refractivity contribution < 1.29 is 9.53 Å². The van der Waals surface area contributed by atoms with Crippen LogP contribution in [-0.4, -0.2) is 62.2 Å². The number of aromatic nitrogens is 1. The van der Waals surface area contributed by atoms with Crippen molar-refractivity contribution >= 4 is 11.7 Å². The summed E-state index contributed by atoms with van der Waals surface area (Å²) >= 11 is 0. The number of rotatable bonds is 7. The fourth-order valence-corrected chi connectivity index (χ4v) is 2.43. The largest absolute Gasteiger partial charge is 0.372 e. The zero-order valence-electron chi connectivity index (χ0n) is 13.5. The molecule has 1 aromatic heterocycles. The van der Waals surface area contributed by atoms with E-state index in [1.807, 2.05) is 25.3 Å². The van der Waals surface area contributed by atoms with Gasteiger partial charge in [-0.2, -0.15) is 0 Å². The Bertz CT molecular complexity index is 473. The number of anilines is 1. The summed E-state index contributed by atoms with van der Waals surface area (Å²) in [4.78, 5) is 20.8. The second kappa shape index (κ2) is 8.70. The molecular weight excluding hydrogens is 280 g/mol. The summed E-state index contributed by atoms with van der Waals surface area (Å²) in [5, 5.41) is 2.91. The van der Waals surface area contributed by atoms with Gasteiger partial charge in [0.25, 0.3) is 0 Å². The molecule has 1 N–H and O–H groups in total. The average molecular weight is 306 g/mol. The normalized spacial score (nSPS) is 15.8. The third kappa shape index (κ3) is 4.96. The van der Waals surface area contributed by atoms with E-state index in [9.17, 15) is 4.79 Å². The Labute approximate surface area is 132 Å². The predicted molar refractivity (Wildman–Crippen MR) is 86.9 cm³/mol. The highest BCUT2D eigenvalue weighted by atomic mass is 16.5. The third-order valence-corrected chi connectivity index (χ3v) is 3.73. The van der Waals surface area contributed by atoms with Crippen molar-refractivity contribution in [2.24, 2.45) is 0 Å². The van der Waals surface area contributed by atoms with Crippen LogP contribution in [0.2, 0.25) is 0 Å². The highest BCUT2D eigenvalue weighted by Gasteiger charge is 2.18. The number of nitrogens with zero attached hydrogens (tertiary/aromatic N) is 3. The van der Waals surface area contributed by atoms with Gasteiger partial charge >= 0.3 is 0 Å². The van der Waals surface area contributed by atoms with E-state index in [0.29, 0.717) is 13.2 Å². The summed E-state index contributed by atoms with van der Waals surface area (Å²) in [5.41, 5.74) is 1.05. The van der Waals surface area contributed by atoms with Crippen molar-refractivity contribution in [3.8, 4) is 0 Å². The molecular formula is C16H26N4O2. The molecule has 2 rings (SSSR count). The minimum absolute atomic E-state index is 0.0818. The number of pyridine rings is 1. The van der Waals surface area contributed by atoms with Gasteiger partial charge in [0.1, 0.15) is 12.4 Å². The molecule has 6 nitrogen and oxygen atoms in total. The van der Waals surface area contributed by atoms with Crippen molar-refractivity contribution in [2.45, 2.75) is 19.9 Å². The number of ether oxygens (including phenoxy) is 1. The number of piperazine rings is 1. The first kappa shape index (κ1) is 16.7. The number of hydrogen-bond donors (Lipinski definition) is 1. The van der Waals surface area contributed by atoms with Crippen LogP contribution < -0.4 is 10.2 Å². The number of nitrogens with one attached hydrogen (secondary N) is 1. The lowest BCUT2D eigenvalue weighted by molar-refractivity contribution is -0.125. The molecule has 2 heterocycles. The number of likely N-dealkylation sites (N-methyl/N-ethyl adjacent to an activating group) is 1. The number of hydrogen-bond acceptors (Lipinski definition) is 5. The Kier molecular flexibility index (Phi) is 6.61. The monoisotopic (exact) mass is 306 g/mol. The molecule has 1 saturated heterocycles. The van der Waals surface area contributed by atoms with E-state index in [0.717, 1.165) is 44.0 Å². The molecule has 1 aromatic rings. The second-order valence-electron chi connectivity index (χ2n) is 5.61. The van der Waals surface area contributed by atoms with Crippen molar-refractivity contribution in [2.75, 3.05) is 51.3 Å². The lowest BCUT2D eigenvalue weighted by Gasteiger charge is -2.34. The zero-order valence-corrected chi connectivity index (χ0v) is 13.5. The van der Waals surface area contributed by atoms with Crippen molar-refractivity contribution in [1.29, 1.82) is 0 Å². The van der Waals surface area contributed by atoms with Crippen LogP contribution in [0.5, 0.6) is 0 Å². The number of carbonyl (C=O) groups is 1. The van der Waals surface area contributed by atoms with Gasteiger partial charge in [0, 0.05) is 51.1 Å². The maximum absolute atomic E-state index is 11.7. The molecule has 0 atom stereocenters. The minimum Gasteiger partial charge on any atom is -0.372 e. The molecule has 22 heavy (non-hydrogen) atoms. The topological polar surface area (TPSA) is 57.7 Å². The van der Waals surface area contributed by atoms with E-state index in [2.05, 4.69) is 27.1 Å². The van der Waals surface area contributed by atoms with Crippen LogP contribution >= 0.6 is 0 Å². The standard InChI is InChI=1S/C16H26N4O2/c1-3-11-22-13-15(21)18-12-14-5-4-6-17-16(14)20-9-7-19(2)8-10-20/h4-6H,3,7-13H2,1-2H3,(H,18,21). The minimum atomic E-state index is -0.0818. The van der Waals surface area contributed by atoms with Gasteiger partial charge in [-0.3, -0.25) is 4.79 Å². The molecule has 0 saturated carbocycles. The highest BCUT2D eigenvalue weighted by molar-refractivity contribution is 5.77. The van der Waals surface area contributed by atoms with Gasteiger partial charge in [0.15, 0.2) is 0 Å². The Balaban J connectivity index is 1.89. The van der Waals surface area contributed by atoms with E-state index in [-0.39, 0.29) is 12.5 Å². The quantitative estimate of drug-likeness (QED) is 0.758. The van der Waals surface area contributed by atoms with Gasteiger partial charge in [0.2, 0.25) is 5.91 Å². The van der Waals surface area contributed by atoms with Crippen LogP contribution in [0.3, 0.4) is 0 Å². The van der Waals surface area contributed by atoms with Crippen molar-refractivity contribution in [3.05, 3.63) is 23.9 Å². The highest BCUT2D eigenvalue weighted by Crippen LogP contribution is 2.18. The van der Waals surface area contributed by atoms with Crippen LogP contribution in [0.15, 0.2) is 18.3 Å². The zero-order chi connectivity index (χ0) is 15.8. The Hall–Kier alpha value is -1.66. The Morgan fingerprint density at radius 3 is 2.86 bits per heavy atom. The SMILES string of the molecule is CCCOCC(=O)NCc1cccnc1N1CCN(C)CC1. The lowest BCUT2D eigenvalue weighted by atomic mass is 10.2. The summed E-state index contributed by atoms with van der Waals surface area (Å²) in [5.74, 6) is 0.895. The molecule has 0 unspecified atom stereocenters. The van der Waals surface area contributed by atoms with Gasteiger partial charge in [-0.15, -0.1) is 0 Å². The van der Waals surface area contributed by atoms with Crippen LogP contribution in [0.25, 0.3) is 0 Å². The van der Waals surface area contributed by atoms with Gasteiger partial charge < -0.3 is 19.9 Å². The summed E-state index contributed by atoms with van der Waals surface area (Å²) in [6.45, 7) is 7.26. The van der Waals surface area contributed by atoms with E-state index in [1.54, 1.807) is 0 Å². The molecule has 1 amide bonds. The van der Waals surface area contributed by atoms with Gasteiger partial charge in [-0.1, -0.05) is 13.0 Å². The molecule has 0 aromatic carbocycles. The molecule has 1 fully saturated rings. The van der Waals surface area contributed by atoms with E-state index in [1.165, 1.54) is 0 Å². The third-order valence-electron chi connectivity index (χ3n) is 3.73. The van der Waals surface area contributed by atoms with E-state index >= 15 is 0 Å². The van der Waals surface area contributed by atoms with Crippen molar-refractivity contribution in [3.63, 3.8) is 0 Å². The summed E-state index contributed by atoms with van der Waals surface area (Å²) in [7, 11) is 2.13. The molecule has 6 heteroatoms. The fourth-order valence-electron chi connectivity index (χ4n) is 2.43. The maximum Gasteiger partial charge on any atom is 0.246 e. The molecule has 0 aliphatic carbocycles. The molecule has 1 aliphatic heterocycles. The van der Waals surface area contributed by atoms with Crippen LogP contribution in [-0.2, 0) is 16.1 Å². The van der Waals surface area contributed by atoms with E-state index in [4.69, 9.17) is 4.74 Å². The molecule has 122 valence electrons. The predicted octanol–water partition coefficient (Wildman–Crippen LogP) is 0.876. The van der Waals surface area contributed by atoms with Crippen LogP contribution in [0.1, 0.15) is 18.9 Å². The Morgan fingerprint density at radius 1 is 1.36 bits per heavy atom. The lowest BCUT2D eigenvalue weighted by Crippen LogP contribution is -2.45. The maximum atomic E-state index is 11.7. The Morgan fingerprint density at radius 2 is 2.14 bits per heavy atom. The van der Waals surface area contributed by atoms with Gasteiger partial charge in [-0.05, 0) is 19.5 Å². The second-order valence-corrected chi connectivity index (χ2v) is 5.61. The van der Waals surface area contributed by atoms with E-state index < -0.39 is 0 Å². The number of carbonyl (C=O) groups excluding carboxylic acids is 1.